The van der Waals surface area contributed by atoms with E-state index < -0.39 is 10.0 Å². The van der Waals surface area contributed by atoms with Crippen molar-refractivity contribution in [3.63, 3.8) is 0 Å². The van der Waals surface area contributed by atoms with Crippen LogP contribution >= 0.6 is 0 Å². The van der Waals surface area contributed by atoms with Crippen molar-refractivity contribution in [3.8, 4) is 5.75 Å². The molecule has 18 heavy (non-hydrogen) atoms. The Morgan fingerprint density at radius 1 is 1.17 bits per heavy atom. The predicted molar refractivity (Wildman–Crippen MR) is 70.7 cm³/mol. The van der Waals surface area contributed by atoms with Gasteiger partial charge in [0.2, 0.25) is 10.0 Å². The maximum Gasteiger partial charge on any atom is 0.214 e. The summed E-state index contributed by atoms with van der Waals surface area (Å²) >= 11 is 0. The zero-order chi connectivity index (χ0) is 13.0. The summed E-state index contributed by atoms with van der Waals surface area (Å²) < 4.78 is 26.8. The highest BCUT2D eigenvalue weighted by atomic mass is 32.2. The van der Waals surface area contributed by atoms with E-state index in [9.17, 15) is 13.5 Å². The number of phenolic OH excluding ortho intramolecular Hbond substituents is 1. The number of phenols is 1. The van der Waals surface area contributed by atoms with Crippen molar-refractivity contribution in [2.24, 2.45) is 0 Å². The van der Waals surface area contributed by atoms with Crippen molar-refractivity contribution in [3.05, 3.63) is 29.8 Å². The van der Waals surface area contributed by atoms with Gasteiger partial charge in [-0.2, -0.15) is 0 Å². The molecule has 2 N–H and O–H groups in total. The molecule has 1 aliphatic rings. The van der Waals surface area contributed by atoms with Gasteiger partial charge in [-0.25, -0.2) is 13.1 Å². The van der Waals surface area contributed by atoms with Crippen molar-refractivity contribution in [1.29, 1.82) is 0 Å². The number of rotatable bonds is 4. The highest BCUT2D eigenvalue weighted by molar-refractivity contribution is 7.90. The lowest BCUT2D eigenvalue weighted by atomic mass is 10.0. The number of sulfonamides is 1. The van der Waals surface area contributed by atoms with Gasteiger partial charge in [0.25, 0.3) is 0 Å². The summed E-state index contributed by atoms with van der Waals surface area (Å²) in [5.41, 5.74) is 0.608. The van der Waals surface area contributed by atoms with Crippen LogP contribution in [-0.4, -0.2) is 18.8 Å². The van der Waals surface area contributed by atoms with E-state index in [1.165, 1.54) is 0 Å². The smallest absolute Gasteiger partial charge is 0.214 e. The van der Waals surface area contributed by atoms with Gasteiger partial charge in [-0.1, -0.05) is 37.5 Å². The Balaban J connectivity index is 1.98. The standard InChI is InChI=1S/C13H19NO3S/c15-13-9-5-4-6-11(13)10-14-18(16,17)12-7-2-1-3-8-12/h4-6,9,12,14-15H,1-3,7-8,10H2. The Morgan fingerprint density at radius 2 is 1.83 bits per heavy atom. The lowest BCUT2D eigenvalue weighted by molar-refractivity contribution is 0.464. The Morgan fingerprint density at radius 3 is 2.50 bits per heavy atom. The van der Waals surface area contributed by atoms with Crippen molar-refractivity contribution in [1.82, 2.24) is 4.72 Å². The third-order valence-electron chi connectivity index (χ3n) is 3.45. The van der Waals surface area contributed by atoms with Crippen molar-refractivity contribution < 1.29 is 13.5 Å². The number of hydrogen-bond donors (Lipinski definition) is 2. The maximum absolute atomic E-state index is 12.1. The van der Waals surface area contributed by atoms with Crippen LogP contribution in [0.1, 0.15) is 37.7 Å². The topological polar surface area (TPSA) is 66.4 Å². The second-order valence-corrected chi connectivity index (χ2v) is 6.80. The number of hydrogen-bond acceptors (Lipinski definition) is 3. The molecule has 0 aromatic heterocycles. The highest BCUT2D eigenvalue weighted by Crippen LogP contribution is 2.23. The van der Waals surface area contributed by atoms with Crippen LogP contribution in [-0.2, 0) is 16.6 Å². The van der Waals surface area contributed by atoms with Crippen LogP contribution in [0.4, 0.5) is 0 Å². The van der Waals surface area contributed by atoms with E-state index in [0.717, 1.165) is 32.1 Å². The van der Waals surface area contributed by atoms with Gasteiger partial charge in [-0.05, 0) is 18.9 Å². The van der Waals surface area contributed by atoms with E-state index in [0.29, 0.717) is 5.56 Å². The monoisotopic (exact) mass is 269 g/mol. The fraction of sp³-hybridized carbons (Fsp3) is 0.538. The van der Waals surface area contributed by atoms with Crippen molar-refractivity contribution >= 4 is 10.0 Å². The van der Waals surface area contributed by atoms with Gasteiger partial charge in [0.05, 0.1) is 5.25 Å². The zero-order valence-electron chi connectivity index (χ0n) is 10.3. The highest BCUT2D eigenvalue weighted by Gasteiger charge is 2.26. The third kappa shape index (κ3) is 3.23. The van der Waals surface area contributed by atoms with E-state index in [4.69, 9.17) is 0 Å². The van der Waals surface area contributed by atoms with E-state index in [2.05, 4.69) is 4.72 Å². The molecule has 2 rings (SSSR count). The van der Waals surface area contributed by atoms with Crippen LogP contribution in [0.3, 0.4) is 0 Å². The fourth-order valence-corrected chi connectivity index (χ4v) is 3.88. The third-order valence-corrected chi connectivity index (χ3v) is 5.34. The van der Waals surface area contributed by atoms with Gasteiger partial charge in [0.1, 0.15) is 5.75 Å². The summed E-state index contributed by atoms with van der Waals surface area (Å²) in [6, 6.07) is 6.78. The minimum absolute atomic E-state index is 0.129. The molecule has 1 fully saturated rings. The normalized spacial score (nSPS) is 17.8. The molecule has 1 aromatic carbocycles. The Labute approximate surface area is 108 Å². The quantitative estimate of drug-likeness (QED) is 0.880. The lowest BCUT2D eigenvalue weighted by Crippen LogP contribution is -2.35. The first-order chi connectivity index (χ1) is 8.59. The first-order valence-electron chi connectivity index (χ1n) is 6.35. The summed E-state index contributed by atoms with van der Waals surface area (Å²) in [7, 11) is -3.26. The Bertz CT molecular complexity index is 493. The molecule has 0 unspecified atom stereocenters. The van der Waals surface area contributed by atoms with Crippen LogP contribution in [0.2, 0.25) is 0 Å². The lowest BCUT2D eigenvalue weighted by Gasteiger charge is -2.22. The average molecular weight is 269 g/mol. The largest absolute Gasteiger partial charge is 0.508 e. The molecule has 0 atom stereocenters. The molecule has 0 radical (unpaired) electrons. The molecular formula is C13H19NO3S. The van der Waals surface area contributed by atoms with Crippen molar-refractivity contribution in [2.75, 3.05) is 0 Å². The van der Waals surface area contributed by atoms with Crippen LogP contribution in [0.5, 0.6) is 5.75 Å². The first-order valence-corrected chi connectivity index (χ1v) is 7.89. The minimum Gasteiger partial charge on any atom is -0.508 e. The zero-order valence-corrected chi connectivity index (χ0v) is 11.1. The summed E-state index contributed by atoms with van der Waals surface area (Å²) in [6.45, 7) is 0.158. The second-order valence-electron chi connectivity index (χ2n) is 4.75. The summed E-state index contributed by atoms with van der Waals surface area (Å²) in [5, 5.41) is 9.32. The number of para-hydroxylation sites is 1. The first kappa shape index (κ1) is 13.4. The molecule has 0 heterocycles. The summed E-state index contributed by atoms with van der Waals surface area (Å²) in [5.74, 6) is 0.129. The molecule has 1 saturated carbocycles. The number of nitrogens with one attached hydrogen (secondary N) is 1. The molecule has 0 aliphatic heterocycles. The molecule has 1 aliphatic carbocycles. The van der Waals surface area contributed by atoms with Crippen LogP contribution in [0.15, 0.2) is 24.3 Å². The molecule has 100 valence electrons. The van der Waals surface area contributed by atoms with Gasteiger partial charge in [0.15, 0.2) is 0 Å². The molecule has 4 nitrogen and oxygen atoms in total. The van der Waals surface area contributed by atoms with E-state index in [-0.39, 0.29) is 17.5 Å². The molecule has 0 saturated heterocycles. The Hall–Kier alpha value is -1.07. The minimum atomic E-state index is -3.26. The van der Waals surface area contributed by atoms with Crippen LogP contribution in [0.25, 0.3) is 0 Å². The number of benzene rings is 1. The number of aromatic hydroxyl groups is 1. The SMILES string of the molecule is O=S(=O)(NCc1ccccc1O)C1CCCCC1. The Kier molecular flexibility index (Phi) is 4.24. The van der Waals surface area contributed by atoms with Crippen molar-refractivity contribution in [2.45, 2.75) is 43.9 Å². The van der Waals surface area contributed by atoms with Crippen LogP contribution in [0, 0.1) is 0 Å². The van der Waals surface area contributed by atoms with Crippen LogP contribution < -0.4 is 4.72 Å². The molecule has 5 heteroatoms. The average Bonchev–Trinajstić information content (AvgIpc) is 2.39. The predicted octanol–water partition coefficient (Wildman–Crippen LogP) is 2.14. The molecule has 1 aromatic rings. The summed E-state index contributed by atoms with van der Waals surface area (Å²) in [6.07, 6.45) is 4.60. The van der Waals surface area contributed by atoms with E-state index >= 15 is 0 Å². The second kappa shape index (κ2) is 5.71. The molecular weight excluding hydrogens is 250 g/mol. The molecule has 0 amide bonds. The van der Waals surface area contributed by atoms with Gasteiger partial charge in [-0.15, -0.1) is 0 Å². The van der Waals surface area contributed by atoms with Gasteiger partial charge >= 0.3 is 0 Å². The molecule has 0 bridgehead atoms. The molecule has 0 spiro atoms. The summed E-state index contributed by atoms with van der Waals surface area (Å²) in [4.78, 5) is 0. The fourth-order valence-electron chi connectivity index (χ4n) is 2.33. The van der Waals surface area contributed by atoms with E-state index in [1.54, 1.807) is 24.3 Å². The van der Waals surface area contributed by atoms with E-state index in [1.807, 2.05) is 0 Å². The maximum atomic E-state index is 12.1. The van der Waals surface area contributed by atoms with Gasteiger partial charge < -0.3 is 5.11 Å². The van der Waals surface area contributed by atoms with Gasteiger partial charge in [-0.3, -0.25) is 0 Å². The van der Waals surface area contributed by atoms with Gasteiger partial charge in [0, 0.05) is 12.1 Å².